The maximum Gasteiger partial charge on any atom is 0.303 e. The van der Waals surface area contributed by atoms with E-state index in [4.69, 9.17) is 5.11 Å². The molecule has 0 saturated carbocycles. The number of benzene rings is 2. The Hall–Kier alpha value is -3.66. The second-order valence-electron chi connectivity index (χ2n) is 12.8. The molecule has 2 aliphatic heterocycles. The van der Waals surface area contributed by atoms with Gasteiger partial charge in [0.2, 0.25) is 5.69 Å². The van der Waals surface area contributed by atoms with Crippen molar-refractivity contribution in [2.24, 2.45) is 0 Å². The first-order chi connectivity index (χ1) is 19.6. The number of likely N-dealkylation sites (N-methyl/N-ethyl adjacent to an activating group) is 1. The number of allylic oxidation sites excluding steroid dienone is 8. The van der Waals surface area contributed by atoms with E-state index in [-0.39, 0.29) is 17.3 Å². The second-order valence-corrected chi connectivity index (χ2v) is 12.8. The number of carbonyl (C=O) groups is 1. The number of aliphatic carboxylic acids is 1. The number of carboxylic acid groups (broad SMARTS) is 1. The summed E-state index contributed by atoms with van der Waals surface area (Å²) in [6, 6.07) is 17.5. The molecular weight excluding hydrogens is 504 g/mol. The molecule has 0 saturated heterocycles. The lowest BCUT2D eigenvalue weighted by molar-refractivity contribution is -0.438. The molecule has 41 heavy (non-hydrogen) atoms. The molecule has 1 aliphatic carbocycles. The van der Waals surface area contributed by atoms with Gasteiger partial charge in [-0.3, -0.25) is 4.79 Å². The molecular formula is C37H45N2O2+. The van der Waals surface area contributed by atoms with Crippen LogP contribution in [0.3, 0.4) is 0 Å². The van der Waals surface area contributed by atoms with Crippen molar-refractivity contribution >= 4 is 23.1 Å². The van der Waals surface area contributed by atoms with Crippen molar-refractivity contribution in [3.05, 3.63) is 107 Å². The lowest BCUT2D eigenvalue weighted by atomic mass is 9.81. The summed E-state index contributed by atoms with van der Waals surface area (Å²) in [5.41, 5.74) is 10.7. The normalized spacial score (nSPS) is 21.1. The van der Waals surface area contributed by atoms with Crippen LogP contribution in [0.1, 0.15) is 83.8 Å². The zero-order valence-corrected chi connectivity index (χ0v) is 25.4. The molecule has 4 nitrogen and oxygen atoms in total. The van der Waals surface area contributed by atoms with Gasteiger partial charge in [-0.1, -0.05) is 68.5 Å². The van der Waals surface area contributed by atoms with Crippen LogP contribution < -0.4 is 4.90 Å². The van der Waals surface area contributed by atoms with E-state index in [0.29, 0.717) is 0 Å². The third-order valence-electron chi connectivity index (χ3n) is 9.22. The fraction of sp³-hybridized carbons (Fsp3) is 0.405. The number of para-hydroxylation sites is 2. The third kappa shape index (κ3) is 5.75. The van der Waals surface area contributed by atoms with Crippen molar-refractivity contribution in [3.8, 4) is 0 Å². The first-order valence-corrected chi connectivity index (χ1v) is 15.2. The summed E-state index contributed by atoms with van der Waals surface area (Å²) in [7, 11) is 2.18. The van der Waals surface area contributed by atoms with Gasteiger partial charge in [0.25, 0.3) is 0 Å². The maximum atomic E-state index is 10.9. The van der Waals surface area contributed by atoms with Crippen LogP contribution in [0.15, 0.2) is 95.8 Å². The molecule has 0 unspecified atom stereocenters. The Kier molecular flexibility index (Phi) is 8.22. The van der Waals surface area contributed by atoms with Gasteiger partial charge >= 0.3 is 5.97 Å². The first-order valence-electron chi connectivity index (χ1n) is 15.2. The molecule has 2 heterocycles. The Labute approximate surface area is 246 Å². The number of nitrogens with zero attached hydrogens (tertiary/aromatic N) is 2. The fourth-order valence-electron chi connectivity index (χ4n) is 6.92. The molecule has 0 aromatic heterocycles. The topological polar surface area (TPSA) is 43.5 Å². The van der Waals surface area contributed by atoms with E-state index in [1.807, 2.05) is 0 Å². The average Bonchev–Trinajstić information content (AvgIpc) is 3.28. The lowest BCUT2D eigenvalue weighted by Crippen LogP contribution is -2.28. The highest BCUT2D eigenvalue weighted by atomic mass is 16.4. The molecule has 0 amide bonds. The molecule has 0 atom stereocenters. The zero-order chi connectivity index (χ0) is 29.2. The lowest BCUT2D eigenvalue weighted by Gasteiger charge is -2.24. The number of hydrogen-bond acceptors (Lipinski definition) is 2. The van der Waals surface area contributed by atoms with Crippen LogP contribution in [0.5, 0.6) is 0 Å². The maximum absolute atomic E-state index is 10.9. The molecule has 2 aromatic rings. The minimum Gasteiger partial charge on any atom is -0.481 e. The van der Waals surface area contributed by atoms with Gasteiger partial charge in [-0.2, -0.15) is 4.58 Å². The number of fused-ring (bicyclic) bond motifs is 2. The van der Waals surface area contributed by atoms with Gasteiger partial charge in [-0.15, -0.1) is 0 Å². The summed E-state index contributed by atoms with van der Waals surface area (Å²) in [5.74, 6) is -0.706. The predicted molar refractivity (Wildman–Crippen MR) is 170 cm³/mol. The van der Waals surface area contributed by atoms with Crippen LogP contribution in [0.25, 0.3) is 0 Å². The van der Waals surface area contributed by atoms with E-state index in [0.717, 1.165) is 45.1 Å². The summed E-state index contributed by atoms with van der Waals surface area (Å²) >= 11 is 0. The Morgan fingerprint density at radius 3 is 2.39 bits per heavy atom. The monoisotopic (exact) mass is 549 g/mol. The quantitative estimate of drug-likeness (QED) is 0.252. The van der Waals surface area contributed by atoms with Gasteiger partial charge in [-0.05, 0) is 74.8 Å². The molecule has 0 bridgehead atoms. The van der Waals surface area contributed by atoms with Gasteiger partial charge in [-0.25, -0.2) is 0 Å². The van der Waals surface area contributed by atoms with Crippen molar-refractivity contribution in [1.29, 1.82) is 0 Å². The van der Waals surface area contributed by atoms with Gasteiger partial charge in [0.15, 0.2) is 5.71 Å². The van der Waals surface area contributed by atoms with Crippen molar-refractivity contribution in [1.82, 2.24) is 0 Å². The van der Waals surface area contributed by atoms with E-state index in [9.17, 15) is 4.79 Å². The van der Waals surface area contributed by atoms with Crippen molar-refractivity contribution in [2.45, 2.75) is 83.5 Å². The predicted octanol–water partition coefficient (Wildman–Crippen LogP) is 8.61. The Morgan fingerprint density at radius 2 is 1.63 bits per heavy atom. The van der Waals surface area contributed by atoms with E-state index in [1.54, 1.807) is 0 Å². The number of carboxylic acids is 1. The van der Waals surface area contributed by atoms with Crippen LogP contribution in [0.2, 0.25) is 0 Å². The summed E-state index contributed by atoms with van der Waals surface area (Å²) in [6.45, 7) is 10.2. The third-order valence-corrected chi connectivity index (χ3v) is 9.22. The number of rotatable bonds is 9. The summed E-state index contributed by atoms with van der Waals surface area (Å²) in [4.78, 5) is 13.3. The molecule has 0 spiro atoms. The van der Waals surface area contributed by atoms with Crippen LogP contribution in [-0.4, -0.2) is 35.0 Å². The minimum absolute atomic E-state index is 0.0136. The molecule has 0 radical (unpaired) electrons. The number of anilines is 1. The molecule has 3 aliphatic rings. The van der Waals surface area contributed by atoms with E-state index in [2.05, 4.69) is 123 Å². The van der Waals surface area contributed by atoms with E-state index >= 15 is 0 Å². The van der Waals surface area contributed by atoms with Crippen molar-refractivity contribution in [2.75, 3.05) is 18.5 Å². The highest BCUT2D eigenvalue weighted by Crippen LogP contribution is 2.46. The SMILES string of the molecule is CN1/C(=C\C=C2C=C(/C=C/C3=[N+](CCCCCC(=O)O)c4ccccc4C3(C)C)CCC\2)C(C)(C)c2ccccc21. The summed E-state index contributed by atoms with van der Waals surface area (Å²) < 4.78 is 2.47. The molecule has 5 rings (SSSR count). The molecule has 214 valence electrons. The summed E-state index contributed by atoms with van der Waals surface area (Å²) in [6.07, 6.45) is 18.0. The second kappa shape index (κ2) is 11.7. The number of unbranched alkanes of at least 4 members (excludes halogenated alkanes) is 2. The van der Waals surface area contributed by atoms with Gasteiger partial charge in [0.1, 0.15) is 6.54 Å². The minimum atomic E-state index is -0.706. The van der Waals surface area contributed by atoms with Gasteiger partial charge < -0.3 is 10.0 Å². The molecule has 1 N–H and O–H groups in total. The Bertz CT molecular complexity index is 1480. The molecule has 0 fully saturated rings. The molecule has 2 aromatic carbocycles. The van der Waals surface area contributed by atoms with Crippen molar-refractivity contribution < 1.29 is 14.5 Å². The smallest absolute Gasteiger partial charge is 0.303 e. The standard InChI is InChI=1S/C37H44N2O2/c1-36(2)29-16-8-10-18-31(29)38(5)33(36)23-21-27-14-13-15-28(26-27)22-24-34-37(3,4)30-17-9-11-19-32(30)39(34)25-12-6-7-20-35(40)41/h8-11,16-19,21-24,26H,6-7,12-15,20,25H2,1-5H3/p+1. The van der Waals surface area contributed by atoms with Crippen molar-refractivity contribution in [3.63, 3.8) is 0 Å². The van der Waals surface area contributed by atoms with Crippen LogP contribution >= 0.6 is 0 Å². The Balaban J connectivity index is 1.38. The fourth-order valence-corrected chi connectivity index (χ4v) is 6.92. The highest BCUT2D eigenvalue weighted by molar-refractivity contribution is 6.03. The van der Waals surface area contributed by atoms with E-state index < -0.39 is 5.97 Å². The number of hydrogen-bond donors (Lipinski definition) is 1. The van der Waals surface area contributed by atoms with Crippen LogP contribution in [0, 0.1) is 0 Å². The van der Waals surface area contributed by atoms with Crippen LogP contribution in [0.4, 0.5) is 11.4 Å². The van der Waals surface area contributed by atoms with Gasteiger partial charge in [0.05, 0.1) is 5.41 Å². The average molecular weight is 550 g/mol. The van der Waals surface area contributed by atoms with Gasteiger partial charge in [0, 0.05) is 54.4 Å². The zero-order valence-electron chi connectivity index (χ0n) is 25.4. The Morgan fingerprint density at radius 1 is 0.902 bits per heavy atom. The van der Waals surface area contributed by atoms with E-state index in [1.165, 1.54) is 45.1 Å². The summed E-state index contributed by atoms with van der Waals surface area (Å²) in [5, 5.41) is 9.00. The first kappa shape index (κ1) is 28.9. The molecule has 4 heteroatoms. The largest absolute Gasteiger partial charge is 0.481 e. The highest BCUT2D eigenvalue weighted by Gasteiger charge is 2.44. The van der Waals surface area contributed by atoms with Crippen LogP contribution in [-0.2, 0) is 15.6 Å².